The van der Waals surface area contributed by atoms with E-state index in [4.69, 9.17) is 8.94 Å². The van der Waals surface area contributed by atoms with Gasteiger partial charge in [0.15, 0.2) is 5.82 Å². The predicted octanol–water partition coefficient (Wildman–Crippen LogP) is 2.98. The Balaban J connectivity index is 1.32. The van der Waals surface area contributed by atoms with Crippen molar-refractivity contribution < 1.29 is 8.94 Å². The summed E-state index contributed by atoms with van der Waals surface area (Å²) in [5, 5.41) is 9.73. The molecule has 3 aromatic heterocycles. The smallest absolute Gasteiger partial charge is 0.236 e. The van der Waals surface area contributed by atoms with Gasteiger partial charge in [0.05, 0.1) is 22.9 Å². The normalized spacial score (nSPS) is 26.2. The topological polar surface area (TPSA) is 77.0 Å². The van der Waals surface area contributed by atoms with Crippen molar-refractivity contribution in [2.45, 2.75) is 43.7 Å². The van der Waals surface area contributed by atoms with Crippen LogP contribution in [0, 0.1) is 0 Å². The minimum atomic E-state index is 0.369. The molecule has 0 amide bonds. The van der Waals surface area contributed by atoms with E-state index in [2.05, 4.69) is 20.4 Å². The quantitative estimate of drug-likeness (QED) is 0.793. The maximum Gasteiger partial charge on any atom is 0.236 e. The minimum absolute atomic E-state index is 0.369. The van der Waals surface area contributed by atoms with Gasteiger partial charge in [0.25, 0.3) is 0 Å². The van der Waals surface area contributed by atoms with Gasteiger partial charge in [0.2, 0.25) is 11.8 Å². The zero-order chi connectivity index (χ0) is 15.2. The summed E-state index contributed by atoms with van der Waals surface area (Å²) in [5.74, 6) is 2.46. The number of aromatic nitrogens is 3. The fourth-order valence-corrected chi connectivity index (χ4v) is 4.31. The molecular formula is C16H16N4O2S. The molecule has 118 valence electrons. The van der Waals surface area contributed by atoms with Crippen LogP contribution in [0.5, 0.6) is 0 Å². The van der Waals surface area contributed by atoms with E-state index in [9.17, 15) is 0 Å². The number of oxazole rings is 1. The van der Waals surface area contributed by atoms with Crippen molar-refractivity contribution in [3.05, 3.63) is 41.2 Å². The Morgan fingerprint density at radius 3 is 3.09 bits per heavy atom. The van der Waals surface area contributed by atoms with Crippen LogP contribution in [0.4, 0.5) is 0 Å². The van der Waals surface area contributed by atoms with Crippen molar-refractivity contribution in [2.75, 3.05) is 0 Å². The summed E-state index contributed by atoms with van der Waals surface area (Å²) in [6.07, 6.45) is 5.79. The molecular weight excluding hydrogens is 312 g/mol. The van der Waals surface area contributed by atoms with E-state index in [1.807, 2.05) is 17.5 Å². The van der Waals surface area contributed by atoms with Crippen molar-refractivity contribution in [1.82, 2.24) is 20.4 Å². The third-order valence-corrected chi connectivity index (χ3v) is 5.58. The van der Waals surface area contributed by atoms with E-state index in [1.165, 1.54) is 12.8 Å². The summed E-state index contributed by atoms with van der Waals surface area (Å²) in [4.78, 5) is 10.1. The second-order valence-electron chi connectivity index (χ2n) is 6.24. The Morgan fingerprint density at radius 2 is 2.30 bits per heavy atom. The number of nitrogens with zero attached hydrogens (tertiary/aromatic N) is 3. The first-order valence-corrected chi connectivity index (χ1v) is 8.80. The lowest BCUT2D eigenvalue weighted by Gasteiger charge is -2.15. The molecule has 3 atom stereocenters. The molecule has 23 heavy (non-hydrogen) atoms. The third-order valence-electron chi connectivity index (χ3n) is 4.72. The Labute approximate surface area is 136 Å². The summed E-state index contributed by atoms with van der Waals surface area (Å²) < 4.78 is 11.0. The fraction of sp³-hybridized carbons (Fsp3) is 0.438. The van der Waals surface area contributed by atoms with Crippen molar-refractivity contribution in [1.29, 1.82) is 0 Å². The number of nitrogens with one attached hydrogen (secondary N) is 1. The van der Waals surface area contributed by atoms with Crippen molar-refractivity contribution in [3.63, 3.8) is 0 Å². The summed E-state index contributed by atoms with van der Waals surface area (Å²) in [5.41, 5.74) is 0.826. The van der Waals surface area contributed by atoms with Gasteiger partial charge < -0.3 is 14.3 Å². The molecule has 2 aliphatic heterocycles. The van der Waals surface area contributed by atoms with E-state index in [1.54, 1.807) is 17.6 Å². The molecule has 0 aromatic carbocycles. The lowest BCUT2D eigenvalue weighted by molar-refractivity contribution is 0.327. The number of fused-ring (bicyclic) bond motifs is 2. The van der Waals surface area contributed by atoms with E-state index in [0.717, 1.165) is 22.9 Å². The van der Waals surface area contributed by atoms with Crippen LogP contribution in [0.2, 0.25) is 0 Å². The molecule has 0 saturated carbocycles. The first-order valence-electron chi connectivity index (χ1n) is 7.92. The molecule has 0 radical (unpaired) electrons. The number of hydrogen-bond donors (Lipinski definition) is 1. The van der Waals surface area contributed by atoms with E-state index in [-0.39, 0.29) is 0 Å². The molecule has 0 aliphatic carbocycles. The van der Waals surface area contributed by atoms with Crippen LogP contribution in [0.3, 0.4) is 0 Å². The molecule has 2 fully saturated rings. The SMILES string of the molecule is c1csc(-c2nc(Cc3noc([C@@H]4C[C@@H]5CC[C@H]4N5)n3)co2)c1. The van der Waals surface area contributed by atoms with Crippen LogP contribution in [-0.2, 0) is 6.42 Å². The Hall–Kier alpha value is -1.99. The number of hydrogen-bond acceptors (Lipinski definition) is 7. The second kappa shape index (κ2) is 5.28. The van der Waals surface area contributed by atoms with Crippen LogP contribution in [-0.4, -0.2) is 27.2 Å². The minimum Gasteiger partial charge on any atom is -0.444 e. The lowest BCUT2D eigenvalue weighted by Crippen LogP contribution is -2.21. The third kappa shape index (κ3) is 2.40. The molecule has 7 heteroatoms. The average molecular weight is 328 g/mol. The van der Waals surface area contributed by atoms with Crippen LogP contribution in [0.15, 0.2) is 32.7 Å². The monoisotopic (exact) mass is 328 g/mol. The van der Waals surface area contributed by atoms with Crippen molar-refractivity contribution >= 4 is 11.3 Å². The molecule has 5 heterocycles. The van der Waals surface area contributed by atoms with Crippen LogP contribution >= 0.6 is 11.3 Å². The van der Waals surface area contributed by atoms with Gasteiger partial charge in [-0.2, -0.15) is 4.98 Å². The average Bonchev–Trinajstić information content (AvgIpc) is 3.35. The lowest BCUT2D eigenvalue weighted by atomic mass is 9.89. The predicted molar refractivity (Wildman–Crippen MR) is 84.2 cm³/mol. The van der Waals surface area contributed by atoms with Crippen LogP contribution < -0.4 is 5.32 Å². The standard InChI is InChI=1S/C16H16N4O2S/c1-2-13(23-5-1)16-18-10(8-21-16)7-14-19-15(22-20-14)11-6-9-3-4-12(11)17-9/h1-2,5,8-9,11-12,17H,3-4,6-7H2/t9-,11+,12+/m0/s1. The molecule has 6 nitrogen and oxygen atoms in total. The molecule has 3 aromatic rings. The van der Waals surface area contributed by atoms with Gasteiger partial charge in [-0.1, -0.05) is 11.2 Å². The Bertz CT molecular complexity index is 810. The van der Waals surface area contributed by atoms with Gasteiger partial charge in [-0.05, 0) is 30.7 Å². The zero-order valence-electron chi connectivity index (χ0n) is 12.4. The number of rotatable bonds is 4. The van der Waals surface area contributed by atoms with E-state index >= 15 is 0 Å². The summed E-state index contributed by atoms with van der Waals surface area (Å²) in [6.45, 7) is 0. The zero-order valence-corrected chi connectivity index (χ0v) is 13.3. The highest BCUT2D eigenvalue weighted by molar-refractivity contribution is 7.13. The highest BCUT2D eigenvalue weighted by atomic mass is 32.1. The van der Waals surface area contributed by atoms with Crippen molar-refractivity contribution in [3.8, 4) is 10.8 Å². The summed E-state index contributed by atoms with van der Waals surface area (Å²) in [6, 6.07) is 5.11. The van der Waals surface area contributed by atoms with Gasteiger partial charge in [0.1, 0.15) is 6.26 Å². The maximum absolute atomic E-state index is 5.53. The van der Waals surface area contributed by atoms with Crippen LogP contribution in [0.25, 0.3) is 10.8 Å². The molecule has 0 spiro atoms. The molecule has 5 rings (SSSR count). The highest BCUT2D eigenvalue weighted by Gasteiger charge is 2.42. The van der Waals surface area contributed by atoms with Gasteiger partial charge in [-0.3, -0.25) is 0 Å². The number of thiophene rings is 1. The molecule has 2 bridgehead atoms. The van der Waals surface area contributed by atoms with Crippen molar-refractivity contribution in [2.24, 2.45) is 0 Å². The fourth-order valence-electron chi connectivity index (χ4n) is 3.65. The molecule has 0 unspecified atom stereocenters. The molecule has 2 saturated heterocycles. The second-order valence-corrected chi connectivity index (χ2v) is 7.18. The maximum atomic E-state index is 5.53. The summed E-state index contributed by atoms with van der Waals surface area (Å²) in [7, 11) is 0. The van der Waals surface area contributed by atoms with E-state index in [0.29, 0.717) is 36.1 Å². The van der Waals surface area contributed by atoms with Gasteiger partial charge in [-0.25, -0.2) is 4.98 Å². The Morgan fingerprint density at radius 1 is 1.30 bits per heavy atom. The molecule has 2 aliphatic rings. The first-order chi connectivity index (χ1) is 11.3. The largest absolute Gasteiger partial charge is 0.444 e. The summed E-state index contributed by atoms with van der Waals surface area (Å²) >= 11 is 1.61. The van der Waals surface area contributed by atoms with E-state index < -0.39 is 0 Å². The van der Waals surface area contributed by atoms with Crippen LogP contribution in [0.1, 0.15) is 42.6 Å². The molecule has 1 N–H and O–H groups in total. The first kappa shape index (κ1) is 13.4. The van der Waals surface area contributed by atoms with Gasteiger partial charge >= 0.3 is 0 Å². The van der Waals surface area contributed by atoms with Gasteiger partial charge in [0, 0.05) is 12.1 Å². The highest BCUT2D eigenvalue weighted by Crippen LogP contribution is 2.39. The Kier molecular flexibility index (Phi) is 3.09. The van der Waals surface area contributed by atoms with Gasteiger partial charge in [-0.15, -0.1) is 11.3 Å².